The molecule has 0 aliphatic rings. The summed E-state index contributed by atoms with van der Waals surface area (Å²) >= 11 is 0. The van der Waals surface area contributed by atoms with Crippen LogP contribution in [0.25, 0.3) is 0 Å². The standard InChI is InChI=1S/C14H11FN4/c15-12-5-1-3-11(7-12)4-2-6-19-10-18-13(8-16)14(19)9-17/h1,3,5,7,10H,2,4,6H2. The molecule has 2 rings (SSSR count). The largest absolute Gasteiger partial charge is 0.321 e. The smallest absolute Gasteiger partial charge is 0.176 e. The summed E-state index contributed by atoms with van der Waals surface area (Å²) in [5, 5.41) is 17.7. The number of aromatic nitrogens is 2. The van der Waals surface area contributed by atoms with Gasteiger partial charge in [-0.3, -0.25) is 0 Å². The summed E-state index contributed by atoms with van der Waals surface area (Å²) in [5.74, 6) is -0.246. The van der Waals surface area contributed by atoms with Gasteiger partial charge in [0.05, 0.1) is 6.33 Å². The zero-order valence-electron chi connectivity index (χ0n) is 10.2. The SMILES string of the molecule is N#Cc1ncn(CCCc2cccc(F)c2)c1C#N. The molecule has 0 aliphatic heterocycles. The third kappa shape index (κ3) is 2.97. The Kier molecular flexibility index (Phi) is 3.90. The number of hydrogen-bond donors (Lipinski definition) is 0. The van der Waals surface area contributed by atoms with Crippen LogP contribution in [0.1, 0.15) is 23.4 Å². The first kappa shape index (κ1) is 12.8. The van der Waals surface area contributed by atoms with E-state index < -0.39 is 0 Å². The minimum atomic E-state index is -0.246. The highest BCUT2D eigenvalue weighted by Gasteiger charge is 2.09. The Morgan fingerprint density at radius 2 is 2.11 bits per heavy atom. The molecule has 0 spiro atoms. The highest BCUT2D eigenvalue weighted by atomic mass is 19.1. The fourth-order valence-corrected chi connectivity index (χ4v) is 1.90. The van der Waals surface area contributed by atoms with Crippen LogP contribution in [-0.4, -0.2) is 9.55 Å². The molecule has 0 fully saturated rings. The number of imidazole rings is 1. The summed E-state index contributed by atoms with van der Waals surface area (Å²) in [6.45, 7) is 0.577. The number of rotatable bonds is 4. The van der Waals surface area contributed by atoms with Gasteiger partial charge in [0.25, 0.3) is 0 Å². The molecule has 0 amide bonds. The number of benzene rings is 1. The van der Waals surface area contributed by atoms with Crippen LogP contribution < -0.4 is 0 Å². The molecule has 19 heavy (non-hydrogen) atoms. The molecule has 0 bridgehead atoms. The maximum Gasteiger partial charge on any atom is 0.176 e. The van der Waals surface area contributed by atoms with E-state index in [9.17, 15) is 4.39 Å². The van der Waals surface area contributed by atoms with E-state index in [0.29, 0.717) is 13.0 Å². The van der Waals surface area contributed by atoms with Crippen molar-refractivity contribution in [1.82, 2.24) is 9.55 Å². The minimum absolute atomic E-state index is 0.147. The number of hydrogen-bond acceptors (Lipinski definition) is 3. The summed E-state index contributed by atoms with van der Waals surface area (Å²) in [6.07, 6.45) is 2.95. The molecule has 1 aromatic heterocycles. The van der Waals surface area contributed by atoms with Crippen LogP contribution in [0.3, 0.4) is 0 Å². The van der Waals surface area contributed by atoms with E-state index in [1.165, 1.54) is 18.5 Å². The molecule has 4 nitrogen and oxygen atoms in total. The van der Waals surface area contributed by atoms with Crippen molar-refractivity contribution in [3.05, 3.63) is 53.4 Å². The first-order valence-corrected chi connectivity index (χ1v) is 5.84. The lowest BCUT2D eigenvalue weighted by molar-refractivity contribution is 0.615. The van der Waals surface area contributed by atoms with Gasteiger partial charge in [-0.05, 0) is 30.5 Å². The van der Waals surface area contributed by atoms with Crippen molar-refractivity contribution in [1.29, 1.82) is 10.5 Å². The first-order valence-electron chi connectivity index (χ1n) is 5.84. The van der Waals surface area contributed by atoms with Crippen LogP contribution in [0.4, 0.5) is 4.39 Å². The fraction of sp³-hybridized carbons (Fsp3) is 0.214. The van der Waals surface area contributed by atoms with Gasteiger partial charge in [0.2, 0.25) is 0 Å². The fourth-order valence-electron chi connectivity index (χ4n) is 1.90. The number of halogens is 1. The highest BCUT2D eigenvalue weighted by Crippen LogP contribution is 2.10. The molecular formula is C14H11FN4. The molecule has 0 unspecified atom stereocenters. The van der Waals surface area contributed by atoms with E-state index in [1.54, 1.807) is 10.6 Å². The van der Waals surface area contributed by atoms with Crippen LogP contribution in [0, 0.1) is 28.5 Å². The van der Waals surface area contributed by atoms with E-state index in [1.807, 2.05) is 18.2 Å². The summed E-state index contributed by atoms with van der Waals surface area (Å²) in [7, 11) is 0. The van der Waals surface area contributed by atoms with Crippen molar-refractivity contribution in [2.45, 2.75) is 19.4 Å². The van der Waals surface area contributed by atoms with E-state index in [0.717, 1.165) is 12.0 Å². The third-order valence-corrected chi connectivity index (χ3v) is 2.80. The van der Waals surface area contributed by atoms with Crippen LogP contribution in [0.2, 0.25) is 0 Å². The van der Waals surface area contributed by atoms with Crippen molar-refractivity contribution in [2.24, 2.45) is 0 Å². The van der Waals surface area contributed by atoms with Gasteiger partial charge in [-0.2, -0.15) is 10.5 Å². The lowest BCUT2D eigenvalue weighted by Crippen LogP contribution is -2.01. The summed E-state index contributed by atoms with van der Waals surface area (Å²) in [4.78, 5) is 3.86. The monoisotopic (exact) mass is 254 g/mol. The Labute approximate surface area is 110 Å². The molecular weight excluding hydrogens is 243 g/mol. The maximum atomic E-state index is 13.0. The second-order valence-electron chi connectivity index (χ2n) is 4.09. The van der Waals surface area contributed by atoms with Crippen molar-refractivity contribution in [3.63, 3.8) is 0 Å². The molecule has 0 aliphatic carbocycles. The topological polar surface area (TPSA) is 65.4 Å². The van der Waals surface area contributed by atoms with Crippen molar-refractivity contribution >= 4 is 0 Å². The molecule has 0 saturated heterocycles. The summed E-state index contributed by atoms with van der Waals surface area (Å²) < 4.78 is 14.6. The zero-order chi connectivity index (χ0) is 13.7. The second kappa shape index (κ2) is 5.79. The average Bonchev–Trinajstić information content (AvgIpc) is 2.81. The van der Waals surface area contributed by atoms with E-state index >= 15 is 0 Å². The molecule has 1 heterocycles. The molecule has 0 saturated carbocycles. The van der Waals surface area contributed by atoms with Gasteiger partial charge < -0.3 is 4.57 Å². The number of aryl methyl sites for hydroxylation is 2. The molecule has 1 aromatic carbocycles. The van der Waals surface area contributed by atoms with Crippen molar-refractivity contribution in [2.75, 3.05) is 0 Å². The highest BCUT2D eigenvalue weighted by molar-refractivity contribution is 5.36. The van der Waals surface area contributed by atoms with Crippen LogP contribution in [0.5, 0.6) is 0 Å². The average molecular weight is 254 g/mol. The second-order valence-corrected chi connectivity index (χ2v) is 4.09. The van der Waals surface area contributed by atoms with Gasteiger partial charge in [-0.1, -0.05) is 12.1 Å². The van der Waals surface area contributed by atoms with Crippen LogP contribution in [0.15, 0.2) is 30.6 Å². The Balaban J connectivity index is 1.99. The Bertz CT molecular complexity index is 661. The lowest BCUT2D eigenvalue weighted by atomic mass is 10.1. The van der Waals surface area contributed by atoms with Crippen molar-refractivity contribution in [3.8, 4) is 12.1 Å². The Morgan fingerprint density at radius 3 is 2.79 bits per heavy atom. The minimum Gasteiger partial charge on any atom is -0.321 e. The van der Waals surface area contributed by atoms with Gasteiger partial charge in [0.1, 0.15) is 18.0 Å². The van der Waals surface area contributed by atoms with Gasteiger partial charge in [-0.15, -0.1) is 0 Å². The Morgan fingerprint density at radius 1 is 1.26 bits per heavy atom. The lowest BCUT2D eigenvalue weighted by Gasteiger charge is -2.04. The third-order valence-electron chi connectivity index (χ3n) is 2.80. The molecule has 2 aromatic rings. The normalized spacial score (nSPS) is 9.84. The van der Waals surface area contributed by atoms with E-state index in [4.69, 9.17) is 10.5 Å². The van der Waals surface area contributed by atoms with Gasteiger partial charge >= 0.3 is 0 Å². The predicted molar refractivity (Wildman–Crippen MR) is 66.4 cm³/mol. The summed E-state index contributed by atoms with van der Waals surface area (Å²) in [5.41, 5.74) is 1.34. The van der Waals surface area contributed by atoms with Crippen LogP contribution in [-0.2, 0) is 13.0 Å². The van der Waals surface area contributed by atoms with Crippen molar-refractivity contribution < 1.29 is 4.39 Å². The molecule has 5 heteroatoms. The van der Waals surface area contributed by atoms with Crippen LogP contribution >= 0.6 is 0 Å². The summed E-state index contributed by atoms with van der Waals surface area (Å²) in [6, 6.07) is 10.3. The number of nitrogens with zero attached hydrogens (tertiary/aromatic N) is 4. The van der Waals surface area contributed by atoms with Gasteiger partial charge in [0.15, 0.2) is 11.4 Å². The molecule has 94 valence electrons. The maximum absolute atomic E-state index is 13.0. The first-order chi connectivity index (χ1) is 9.24. The van der Waals surface area contributed by atoms with Gasteiger partial charge in [0, 0.05) is 6.54 Å². The molecule has 0 radical (unpaired) electrons. The zero-order valence-corrected chi connectivity index (χ0v) is 10.2. The Hall–Kier alpha value is -2.66. The predicted octanol–water partition coefficient (Wildman–Crippen LogP) is 2.40. The molecule has 0 N–H and O–H groups in total. The quantitative estimate of drug-likeness (QED) is 0.841. The van der Waals surface area contributed by atoms with Gasteiger partial charge in [-0.25, -0.2) is 9.37 Å². The number of nitriles is 2. The van der Waals surface area contributed by atoms with E-state index in [2.05, 4.69) is 4.98 Å². The molecule has 0 atom stereocenters. The van der Waals surface area contributed by atoms with E-state index in [-0.39, 0.29) is 17.2 Å².